The zero-order valence-corrected chi connectivity index (χ0v) is 8.25. The standard InChI is InChI=1S/C13H15F/c14-12-5-1-9(2-6-12)7-10-3-4-11-8-13(10)11/h1-2,5-6,10-11,13H,3-4,7-8H2/t10-,11-,13-/m1/s1. The lowest BCUT2D eigenvalue weighted by atomic mass is 9.95. The van der Waals surface area contributed by atoms with Crippen LogP contribution >= 0.6 is 0 Å². The summed E-state index contributed by atoms with van der Waals surface area (Å²) in [5.41, 5.74) is 1.31. The highest BCUT2D eigenvalue weighted by Crippen LogP contribution is 2.56. The molecule has 2 fully saturated rings. The third-order valence-electron chi connectivity index (χ3n) is 3.90. The largest absolute Gasteiger partial charge is 0.207 e. The average Bonchev–Trinajstić information content (AvgIpc) is 2.88. The van der Waals surface area contributed by atoms with E-state index < -0.39 is 0 Å². The molecule has 14 heavy (non-hydrogen) atoms. The van der Waals surface area contributed by atoms with Gasteiger partial charge in [0.05, 0.1) is 0 Å². The van der Waals surface area contributed by atoms with E-state index in [2.05, 4.69) is 0 Å². The van der Waals surface area contributed by atoms with Crippen LogP contribution in [0.4, 0.5) is 4.39 Å². The summed E-state index contributed by atoms with van der Waals surface area (Å²) >= 11 is 0. The van der Waals surface area contributed by atoms with Gasteiger partial charge in [-0.25, -0.2) is 4.39 Å². The van der Waals surface area contributed by atoms with Crippen LogP contribution in [0, 0.1) is 23.6 Å². The molecule has 0 amide bonds. The Labute approximate surface area is 84.1 Å². The second kappa shape index (κ2) is 3.08. The maximum Gasteiger partial charge on any atom is 0.123 e. The van der Waals surface area contributed by atoms with E-state index in [1.807, 2.05) is 12.1 Å². The Bertz CT molecular complexity index is 328. The van der Waals surface area contributed by atoms with Crippen molar-refractivity contribution >= 4 is 0 Å². The Balaban J connectivity index is 1.69. The van der Waals surface area contributed by atoms with Crippen LogP contribution in [0.25, 0.3) is 0 Å². The Morgan fingerprint density at radius 2 is 1.93 bits per heavy atom. The molecule has 2 aliphatic carbocycles. The fourth-order valence-corrected chi connectivity index (χ4v) is 3.00. The first-order chi connectivity index (χ1) is 6.83. The average molecular weight is 190 g/mol. The molecule has 0 heterocycles. The molecular formula is C13H15F. The summed E-state index contributed by atoms with van der Waals surface area (Å²) in [6.07, 6.45) is 5.47. The molecule has 2 saturated carbocycles. The highest BCUT2D eigenvalue weighted by atomic mass is 19.1. The quantitative estimate of drug-likeness (QED) is 0.670. The monoisotopic (exact) mass is 190 g/mol. The highest BCUT2D eigenvalue weighted by molar-refractivity contribution is 5.18. The van der Waals surface area contributed by atoms with Crippen LogP contribution in [0.1, 0.15) is 24.8 Å². The molecule has 0 aromatic heterocycles. The number of fused-ring (bicyclic) bond motifs is 1. The van der Waals surface area contributed by atoms with Crippen molar-refractivity contribution in [1.29, 1.82) is 0 Å². The molecule has 0 aliphatic heterocycles. The van der Waals surface area contributed by atoms with E-state index in [9.17, 15) is 4.39 Å². The van der Waals surface area contributed by atoms with Crippen LogP contribution in [-0.2, 0) is 6.42 Å². The maximum atomic E-state index is 12.7. The number of halogens is 1. The lowest BCUT2D eigenvalue weighted by molar-refractivity contribution is 0.477. The van der Waals surface area contributed by atoms with E-state index in [1.54, 1.807) is 12.1 Å². The zero-order chi connectivity index (χ0) is 9.54. The number of hydrogen-bond donors (Lipinski definition) is 0. The smallest absolute Gasteiger partial charge is 0.123 e. The minimum atomic E-state index is -0.121. The molecular weight excluding hydrogens is 175 g/mol. The van der Waals surface area contributed by atoms with Crippen LogP contribution in [0.15, 0.2) is 24.3 Å². The van der Waals surface area contributed by atoms with Gasteiger partial charge in [0.1, 0.15) is 5.82 Å². The van der Waals surface area contributed by atoms with E-state index >= 15 is 0 Å². The van der Waals surface area contributed by atoms with E-state index in [4.69, 9.17) is 0 Å². The van der Waals surface area contributed by atoms with Gasteiger partial charge in [0.2, 0.25) is 0 Å². The fourth-order valence-electron chi connectivity index (χ4n) is 3.00. The zero-order valence-electron chi connectivity index (χ0n) is 8.25. The molecule has 1 heteroatoms. The molecule has 0 bridgehead atoms. The van der Waals surface area contributed by atoms with Gasteiger partial charge in [0.15, 0.2) is 0 Å². The van der Waals surface area contributed by atoms with Crippen molar-refractivity contribution < 1.29 is 4.39 Å². The Hall–Kier alpha value is -0.850. The summed E-state index contributed by atoms with van der Waals surface area (Å²) in [7, 11) is 0. The number of benzene rings is 1. The summed E-state index contributed by atoms with van der Waals surface area (Å²) in [5.74, 6) is 2.84. The van der Waals surface area contributed by atoms with Gasteiger partial charge in [-0.3, -0.25) is 0 Å². The van der Waals surface area contributed by atoms with Crippen LogP contribution < -0.4 is 0 Å². The minimum absolute atomic E-state index is 0.121. The summed E-state index contributed by atoms with van der Waals surface area (Å²) in [6.45, 7) is 0. The van der Waals surface area contributed by atoms with Gasteiger partial charge in [0.25, 0.3) is 0 Å². The lowest BCUT2D eigenvalue weighted by Crippen LogP contribution is -2.03. The molecule has 0 saturated heterocycles. The first kappa shape index (κ1) is 8.46. The van der Waals surface area contributed by atoms with Gasteiger partial charge in [0, 0.05) is 0 Å². The summed E-state index contributed by atoms with van der Waals surface area (Å²) in [4.78, 5) is 0. The Kier molecular flexibility index (Phi) is 1.86. The SMILES string of the molecule is Fc1ccc(C[C@H]2CC[C@@H]3C[C@H]23)cc1. The molecule has 0 spiro atoms. The van der Waals surface area contributed by atoms with E-state index in [0.717, 1.165) is 17.8 Å². The van der Waals surface area contributed by atoms with Gasteiger partial charge in [-0.2, -0.15) is 0 Å². The van der Waals surface area contributed by atoms with Crippen molar-refractivity contribution in [1.82, 2.24) is 0 Å². The van der Waals surface area contributed by atoms with Gasteiger partial charge >= 0.3 is 0 Å². The van der Waals surface area contributed by atoms with Crippen molar-refractivity contribution in [2.24, 2.45) is 17.8 Å². The molecule has 0 unspecified atom stereocenters. The van der Waals surface area contributed by atoms with Crippen molar-refractivity contribution in [2.45, 2.75) is 25.7 Å². The minimum Gasteiger partial charge on any atom is -0.207 e. The first-order valence-corrected chi connectivity index (χ1v) is 5.57. The third kappa shape index (κ3) is 1.45. The lowest BCUT2D eigenvalue weighted by Gasteiger charge is -2.11. The predicted octanol–water partition coefficient (Wildman–Crippen LogP) is 3.41. The van der Waals surface area contributed by atoms with Crippen molar-refractivity contribution in [2.75, 3.05) is 0 Å². The molecule has 3 atom stereocenters. The van der Waals surface area contributed by atoms with E-state index in [-0.39, 0.29) is 5.82 Å². The van der Waals surface area contributed by atoms with Crippen LogP contribution in [0.3, 0.4) is 0 Å². The molecule has 1 aromatic rings. The second-order valence-electron chi connectivity index (χ2n) is 4.83. The van der Waals surface area contributed by atoms with Crippen LogP contribution in [-0.4, -0.2) is 0 Å². The molecule has 2 aliphatic rings. The van der Waals surface area contributed by atoms with Crippen LogP contribution in [0.5, 0.6) is 0 Å². The summed E-state index contributed by atoms with van der Waals surface area (Å²) in [5, 5.41) is 0. The topological polar surface area (TPSA) is 0 Å². The molecule has 3 rings (SSSR count). The predicted molar refractivity (Wildman–Crippen MR) is 54.4 cm³/mol. The van der Waals surface area contributed by atoms with Crippen LogP contribution in [0.2, 0.25) is 0 Å². The van der Waals surface area contributed by atoms with Crippen molar-refractivity contribution in [3.05, 3.63) is 35.6 Å². The van der Waals surface area contributed by atoms with Crippen molar-refractivity contribution in [3.63, 3.8) is 0 Å². The van der Waals surface area contributed by atoms with Gasteiger partial charge < -0.3 is 0 Å². The fraction of sp³-hybridized carbons (Fsp3) is 0.538. The van der Waals surface area contributed by atoms with E-state index in [0.29, 0.717) is 0 Å². The molecule has 74 valence electrons. The molecule has 0 nitrogen and oxygen atoms in total. The Morgan fingerprint density at radius 3 is 2.50 bits per heavy atom. The van der Waals surface area contributed by atoms with E-state index in [1.165, 1.54) is 31.2 Å². The Morgan fingerprint density at radius 1 is 1.14 bits per heavy atom. The molecule has 1 aromatic carbocycles. The maximum absolute atomic E-state index is 12.7. The third-order valence-corrected chi connectivity index (χ3v) is 3.90. The van der Waals surface area contributed by atoms with Gasteiger partial charge in [-0.05, 0) is 61.1 Å². The number of rotatable bonds is 2. The molecule has 0 N–H and O–H groups in total. The summed E-state index contributed by atoms with van der Waals surface area (Å²) in [6, 6.07) is 7.03. The second-order valence-corrected chi connectivity index (χ2v) is 4.83. The highest BCUT2D eigenvalue weighted by Gasteiger charge is 2.47. The first-order valence-electron chi connectivity index (χ1n) is 5.57. The number of hydrogen-bond acceptors (Lipinski definition) is 0. The normalized spacial score (nSPS) is 34.2. The molecule has 0 radical (unpaired) electrons. The van der Waals surface area contributed by atoms with Gasteiger partial charge in [-0.15, -0.1) is 0 Å². The summed E-state index contributed by atoms with van der Waals surface area (Å²) < 4.78 is 12.7. The van der Waals surface area contributed by atoms with Gasteiger partial charge in [-0.1, -0.05) is 12.1 Å². The van der Waals surface area contributed by atoms with Crippen molar-refractivity contribution in [3.8, 4) is 0 Å².